The zero-order valence-corrected chi connectivity index (χ0v) is 51.2. The number of aryl methyl sites for hydroxylation is 3. The molecule has 2 saturated heterocycles. The van der Waals surface area contributed by atoms with Crippen LogP contribution in [0.15, 0.2) is 77.6 Å². The zero-order valence-electron chi connectivity index (χ0n) is 47.4. The molecule has 15 nitrogen and oxygen atoms in total. The van der Waals surface area contributed by atoms with Crippen molar-refractivity contribution in [2.75, 3.05) is 20.6 Å². The highest BCUT2D eigenvalue weighted by Gasteiger charge is 2.53. The van der Waals surface area contributed by atoms with Crippen molar-refractivity contribution >= 4 is 98.0 Å². The lowest BCUT2D eigenvalue weighted by molar-refractivity contribution is -0.385. The number of nitro groups is 2. The highest BCUT2D eigenvalue weighted by molar-refractivity contribution is 6.55. The van der Waals surface area contributed by atoms with Crippen LogP contribution < -0.4 is 5.56 Å². The summed E-state index contributed by atoms with van der Waals surface area (Å²) in [4.78, 5) is 65.3. The number of nitrogens with zero attached hydrogens (tertiary/aromatic N) is 7. The van der Waals surface area contributed by atoms with E-state index in [1.54, 1.807) is 55.3 Å². The van der Waals surface area contributed by atoms with E-state index in [0.717, 1.165) is 37.4 Å². The van der Waals surface area contributed by atoms with Crippen LogP contribution in [0.4, 0.5) is 68.5 Å². The van der Waals surface area contributed by atoms with Crippen LogP contribution in [0.2, 0.25) is 25.1 Å². The van der Waals surface area contributed by atoms with Crippen LogP contribution in [0, 0.1) is 84.0 Å². The predicted molar refractivity (Wildman–Crippen MR) is 331 cm³/mol. The van der Waals surface area contributed by atoms with Crippen LogP contribution in [0.3, 0.4) is 0 Å². The second-order valence-corrected chi connectivity index (χ2v) is 19.9. The lowest BCUT2D eigenvalue weighted by Crippen LogP contribution is -2.33. The number of benzene rings is 5. The summed E-state index contributed by atoms with van der Waals surface area (Å²) >= 11 is 28.8. The molecule has 1 aromatic heterocycles. The first-order chi connectivity index (χ1) is 39.8. The molecule has 0 unspecified atom stereocenters. The van der Waals surface area contributed by atoms with Crippen LogP contribution in [0.25, 0.3) is 10.9 Å². The molecule has 33 heteroatoms. The average Bonchev–Trinajstić information content (AvgIpc) is 1.53. The third-order valence-electron chi connectivity index (χ3n) is 11.4. The molecular weight excluding hydrogens is 1350 g/mol. The van der Waals surface area contributed by atoms with Gasteiger partial charge in [-0.15, -0.1) is 5.10 Å². The van der Waals surface area contributed by atoms with Gasteiger partial charge in [-0.05, 0) is 82.3 Å². The summed E-state index contributed by atoms with van der Waals surface area (Å²) < 4.78 is 151. The number of halogens is 18. The molecule has 3 heterocycles. The number of hydrogen-bond donors (Lipinski definition) is 0. The van der Waals surface area contributed by atoms with Gasteiger partial charge >= 0.3 is 18.5 Å². The van der Waals surface area contributed by atoms with Crippen molar-refractivity contribution in [2.24, 2.45) is 13.0 Å². The maximum atomic E-state index is 12.7. The van der Waals surface area contributed by atoms with E-state index in [4.69, 9.17) is 58.0 Å². The lowest BCUT2D eigenvalue weighted by Gasteiger charge is -2.17. The summed E-state index contributed by atoms with van der Waals surface area (Å²) in [6.45, 7) is 9.95. The van der Waals surface area contributed by atoms with Gasteiger partial charge in [-0.2, -0.15) is 39.5 Å². The predicted octanol–water partition coefficient (Wildman–Crippen LogP) is 19.5. The van der Waals surface area contributed by atoms with E-state index in [-0.39, 0.29) is 91.6 Å². The molecule has 0 atom stereocenters. The summed E-state index contributed by atoms with van der Waals surface area (Å²) in [6, 6.07) is 20.1. The Kier molecular flexibility index (Phi) is 43.2. The summed E-state index contributed by atoms with van der Waals surface area (Å²) in [7, 11) is 4.94. The first-order valence-corrected chi connectivity index (χ1v) is 26.5. The summed E-state index contributed by atoms with van der Waals surface area (Å²) in [5, 5.41) is 29.8. The number of carbonyl (C=O) groups is 3. The number of non-ortho nitro benzene ring substituents is 2. The maximum absolute atomic E-state index is 12.7. The second-order valence-electron chi connectivity index (χ2n) is 18.0. The maximum Gasteiger partial charge on any atom is 0.400 e. The second kappa shape index (κ2) is 42.3. The standard InChI is InChI=1S/C8H6F4.C8H7N3O.C7H3Cl5.2C7H7NO2.C5H7NO2.C5H9NO.C4H4F6.C3H5F3.4CH4/c1-3-4(2)6(10)8(12)7(11)5(3)9;1-11-8(12)6-4-2-3-5-7(6)9-10-11;1-2-3(8)5(10)7(12)6(11)4(2)9;1-6-2-4-7(5-3-6)8(9)10;1-6-3-2-4-7(5-6)8(9)10;1-6-4(7)2-3-5(6)8;1-6-4-2-3-5(6)7;1-2(3(5,6)7)4(8,9)10;1-2-3(4,5)6;;;;/h1-2H3;2-5H,1H3;1H3;2*2-5H,1H3;2-3H2,1H3;2-4H2,1H3;2H,1H3;2H2,1H3;4*1H4. The van der Waals surface area contributed by atoms with Crippen molar-refractivity contribution < 1.29 is 81.3 Å². The van der Waals surface area contributed by atoms with Crippen LogP contribution in [-0.2, 0) is 21.4 Å². The summed E-state index contributed by atoms with van der Waals surface area (Å²) in [6.07, 6.45) is -12.4. The van der Waals surface area contributed by atoms with Gasteiger partial charge in [-0.1, -0.05) is 142 Å². The quantitative estimate of drug-likeness (QED) is 0.0402. The van der Waals surface area contributed by atoms with Crippen LogP contribution in [-0.4, -0.2) is 91.5 Å². The average molecular weight is 1420 g/mol. The molecule has 0 saturated carbocycles. The van der Waals surface area contributed by atoms with Gasteiger partial charge in [0, 0.05) is 77.6 Å². The highest BCUT2D eigenvalue weighted by atomic mass is 35.5. The molecular formula is C58H71Cl5F13N7O8. The molecule has 6 aromatic rings. The number of carbonyl (C=O) groups excluding carboxylic acids is 3. The minimum absolute atomic E-state index is 0. The number of hydrogen-bond acceptors (Lipinski definition) is 10. The molecule has 8 rings (SSSR count). The molecule has 5 aromatic carbocycles. The van der Waals surface area contributed by atoms with Crippen molar-refractivity contribution in [3.63, 3.8) is 0 Å². The molecule has 2 aliphatic heterocycles. The Bertz CT molecular complexity index is 3070. The van der Waals surface area contributed by atoms with Crippen LogP contribution >= 0.6 is 58.0 Å². The number of amides is 3. The number of rotatable bonds is 2. The van der Waals surface area contributed by atoms with Gasteiger partial charge in [0.05, 0.1) is 40.3 Å². The molecule has 512 valence electrons. The summed E-state index contributed by atoms with van der Waals surface area (Å²) in [5.41, 5.74) is 3.00. The third-order valence-corrected chi connectivity index (χ3v) is 13.9. The van der Waals surface area contributed by atoms with E-state index >= 15 is 0 Å². The van der Waals surface area contributed by atoms with Crippen molar-refractivity contribution in [1.82, 2.24) is 24.8 Å². The van der Waals surface area contributed by atoms with E-state index in [1.807, 2.05) is 39.1 Å². The van der Waals surface area contributed by atoms with Gasteiger partial charge in [0.2, 0.25) is 17.7 Å². The van der Waals surface area contributed by atoms with E-state index in [2.05, 4.69) is 10.3 Å². The topological polar surface area (TPSA) is 192 Å². The Hall–Kier alpha value is -6.88. The fourth-order valence-electron chi connectivity index (χ4n) is 5.70. The monoisotopic (exact) mass is 1420 g/mol. The number of alkyl halides is 9. The van der Waals surface area contributed by atoms with Crippen molar-refractivity contribution in [1.29, 1.82) is 0 Å². The number of aromatic nitrogens is 3. The first kappa shape index (κ1) is 92.8. The van der Waals surface area contributed by atoms with Gasteiger partial charge in [0.25, 0.3) is 16.9 Å². The van der Waals surface area contributed by atoms with Crippen LogP contribution in [0.5, 0.6) is 0 Å². The Morgan fingerprint density at radius 1 is 0.549 bits per heavy atom. The molecule has 2 aliphatic rings. The smallest absolute Gasteiger partial charge is 0.346 e. The summed E-state index contributed by atoms with van der Waals surface area (Å²) in [5.74, 6) is -9.23. The SMILES string of the molecule is C.C.C.C.CC(C(F)(F)F)C(F)(F)F.CCC(F)(F)F.CN1C(=O)CCC1=O.CN1CCCC1=O.Cc1c(C)c(F)c(F)c(F)c1F.Cc1c(Cl)c(Cl)c(Cl)c(Cl)c1Cl.Cc1ccc([N+](=O)[O-])cc1.Cc1cccc([N+](=O)[O-])c1.Cn1nnc2ccccc2c1=O. The van der Waals surface area contributed by atoms with Crippen molar-refractivity contribution in [3.8, 4) is 0 Å². The molecule has 0 bridgehead atoms. The molecule has 0 aliphatic carbocycles. The van der Waals surface area contributed by atoms with Crippen molar-refractivity contribution in [2.45, 2.75) is 129 Å². The molecule has 91 heavy (non-hydrogen) atoms. The van der Waals surface area contributed by atoms with Gasteiger partial charge in [0.15, 0.2) is 23.3 Å². The van der Waals surface area contributed by atoms with Gasteiger partial charge in [0.1, 0.15) is 11.4 Å². The van der Waals surface area contributed by atoms with E-state index in [1.165, 1.54) is 48.7 Å². The van der Waals surface area contributed by atoms with Crippen molar-refractivity contribution in [3.05, 3.63) is 180 Å². The lowest BCUT2D eigenvalue weighted by atomic mass is 10.1. The number of nitro benzene ring substituents is 2. The van der Waals surface area contributed by atoms with Gasteiger partial charge in [-0.25, -0.2) is 22.2 Å². The molecule has 2 fully saturated rings. The molecule has 0 spiro atoms. The third kappa shape index (κ3) is 31.8. The number of imide groups is 1. The molecule has 0 radical (unpaired) electrons. The number of fused-ring (bicyclic) bond motifs is 1. The Labute approximate surface area is 543 Å². The fraction of sp³-hybridized carbons (Fsp3) is 0.414. The fourth-order valence-corrected chi connectivity index (χ4v) is 6.94. The Morgan fingerprint density at radius 3 is 1.25 bits per heavy atom. The van der Waals surface area contributed by atoms with E-state index in [0.29, 0.717) is 45.3 Å². The van der Waals surface area contributed by atoms with E-state index < -0.39 is 64.0 Å². The highest BCUT2D eigenvalue weighted by Crippen LogP contribution is 2.43. The minimum Gasteiger partial charge on any atom is -0.346 e. The molecule has 3 amide bonds. The molecule has 0 N–H and O–H groups in total. The number of likely N-dealkylation sites (tertiary alicyclic amines) is 2. The normalized spacial score (nSPS) is 12.0. The minimum atomic E-state index is -5.18. The van der Waals surface area contributed by atoms with Crippen LogP contribution in [0.1, 0.15) is 103 Å². The van der Waals surface area contributed by atoms with Gasteiger partial charge in [-0.3, -0.25) is 44.3 Å². The Morgan fingerprint density at radius 2 is 0.956 bits per heavy atom. The Balaban J connectivity index is -0.000000305. The van der Waals surface area contributed by atoms with Gasteiger partial charge < -0.3 is 4.90 Å². The first-order valence-electron chi connectivity index (χ1n) is 24.6. The zero-order chi connectivity index (χ0) is 67.8. The van der Waals surface area contributed by atoms with E-state index in [9.17, 15) is 96.5 Å². The largest absolute Gasteiger partial charge is 0.400 e.